The number of benzene rings is 3. The first-order valence-electron chi connectivity index (χ1n) is 9.22. The van der Waals surface area contributed by atoms with Crippen molar-refractivity contribution in [3.8, 4) is 11.4 Å². The molecular weight excluding hydrogens is 350 g/mol. The monoisotopic (exact) mass is 371 g/mol. The Balaban J connectivity index is 1.52. The standard InChI is InChI=1S/C23H21N3O2/c1-2-16-3-5-17(6-4-16)14-28-20-10-8-19(9-11-20)26-15-25-21-12-7-18(23(24)27)13-22(21)26/h3-13,15H,2,14H2,1H3,(H2,24,27). The van der Waals surface area contributed by atoms with Gasteiger partial charge in [-0.05, 0) is 60.0 Å². The summed E-state index contributed by atoms with van der Waals surface area (Å²) in [6.07, 6.45) is 2.77. The van der Waals surface area contributed by atoms with Gasteiger partial charge in [0.15, 0.2) is 0 Å². The van der Waals surface area contributed by atoms with Crippen LogP contribution in [0.25, 0.3) is 16.7 Å². The van der Waals surface area contributed by atoms with Gasteiger partial charge in [0.05, 0.1) is 11.0 Å². The number of nitrogens with zero attached hydrogens (tertiary/aromatic N) is 2. The molecule has 0 saturated heterocycles. The number of carbonyl (C=O) groups is 1. The smallest absolute Gasteiger partial charge is 0.248 e. The zero-order chi connectivity index (χ0) is 19.5. The number of hydrogen-bond acceptors (Lipinski definition) is 3. The Morgan fingerprint density at radius 2 is 1.71 bits per heavy atom. The fourth-order valence-electron chi connectivity index (χ4n) is 3.11. The second-order valence-corrected chi connectivity index (χ2v) is 6.63. The van der Waals surface area contributed by atoms with Gasteiger partial charge in [0, 0.05) is 11.3 Å². The van der Waals surface area contributed by atoms with Crippen LogP contribution in [-0.4, -0.2) is 15.5 Å². The van der Waals surface area contributed by atoms with Crippen molar-refractivity contribution in [1.29, 1.82) is 0 Å². The van der Waals surface area contributed by atoms with Crippen LogP contribution >= 0.6 is 0 Å². The minimum atomic E-state index is -0.453. The van der Waals surface area contributed by atoms with Gasteiger partial charge in [-0.3, -0.25) is 9.36 Å². The van der Waals surface area contributed by atoms with E-state index in [0.717, 1.165) is 34.5 Å². The number of primary amides is 1. The van der Waals surface area contributed by atoms with Crippen molar-refractivity contribution in [1.82, 2.24) is 9.55 Å². The van der Waals surface area contributed by atoms with E-state index in [1.54, 1.807) is 24.5 Å². The molecule has 4 rings (SSSR count). The number of rotatable bonds is 6. The van der Waals surface area contributed by atoms with Crippen LogP contribution in [0.4, 0.5) is 0 Å². The number of amides is 1. The molecule has 3 aromatic carbocycles. The first-order valence-corrected chi connectivity index (χ1v) is 9.22. The number of imidazole rings is 1. The van der Waals surface area contributed by atoms with Gasteiger partial charge in [0.25, 0.3) is 0 Å². The van der Waals surface area contributed by atoms with E-state index >= 15 is 0 Å². The number of aromatic nitrogens is 2. The molecular formula is C23H21N3O2. The minimum Gasteiger partial charge on any atom is -0.489 e. The molecule has 0 atom stereocenters. The minimum absolute atomic E-state index is 0.453. The van der Waals surface area contributed by atoms with E-state index in [2.05, 4.69) is 36.2 Å². The molecule has 0 saturated carbocycles. The van der Waals surface area contributed by atoms with Crippen LogP contribution < -0.4 is 10.5 Å². The highest BCUT2D eigenvalue weighted by Crippen LogP contribution is 2.22. The van der Waals surface area contributed by atoms with Crippen LogP contribution in [-0.2, 0) is 13.0 Å². The van der Waals surface area contributed by atoms with E-state index in [1.165, 1.54) is 5.56 Å². The zero-order valence-corrected chi connectivity index (χ0v) is 15.6. The summed E-state index contributed by atoms with van der Waals surface area (Å²) in [6.45, 7) is 2.67. The third kappa shape index (κ3) is 3.60. The normalized spacial score (nSPS) is 10.9. The highest BCUT2D eigenvalue weighted by Gasteiger charge is 2.08. The van der Waals surface area contributed by atoms with Crippen molar-refractivity contribution in [2.24, 2.45) is 5.73 Å². The molecule has 0 aliphatic rings. The number of hydrogen-bond donors (Lipinski definition) is 1. The fraction of sp³-hybridized carbons (Fsp3) is 0.130. The molecule has 0 aliphatic heterocycles. The van der Waals surface area contributed by atoms with Gasteiger partial charge in [-0.25, -0.2) is 4.98 Å². The number of nitrogens with two attached hydrogens (primary N) is 1. The molecule has 0 aliphatic carbocycles. The van der Waals surface area contributed by atoms with Crippen LogP contribution in [0.1, 0.15) is 28.4 Å². The third-order valence-corrected chi connectivity index (χ3v) is 4.78. The first kappa shape index (κ1) is 17.8. The van der Waals surface area contributed by atoms with Gasteiger partial charge in [0.2, 0.25) is 5.91 Å². The van der Waals surface area contributed by atoms with Gasteiger partial charge >= 0.3 is 0 Å². The summed E-state index contributed by atoms with van der Waals surface area (Å²) < 4.78 is 7.82. The molecule has 0 radical (unpaired) electrons. The number of carbonyl (C=O) groups excluding carboxylic acids is 1. The van der Waals surface area contributed by atoms with Crippen molar-refractivity contribution in [2.45, 2.75) is 20.0 Å². The maximum absolute atomic E-state index is 11.5. The van der Waals surface area contributed by atoms with E-state index in [9.17, 15) is 4.79 Å². The largest absolute Gasteiger partial charge is 0.489 e. The lowest BCUT2D eigenvalue weighted by atomic mass is 10.1. The molecule has 1 amide bonds. The molecule has 0 spiro atoms. The summed E-state index contributed by atoms with van der Waals surface area (Å²) in [7, 11) is 0. The van der Waals surface area contributed by atoms with Crippen molar-refractivity contribution in [3.05, 3.63) is 89.7 Å². The Morgan fingerprint density at radius 3 is 2.39 bits per heavy atom. The van der Waals surface area contributed by atoms with Crippen LogP contribution in [0.15, 0.2) is 73.1 Å². The number of ether oxygens (including phenoxy) is 1. The summed E-state index contributed by atoms with van der Waals surface area (Å²) in [5, 5.41) is 0. The van der Waals surface area contributed by atoms with Gasteiger partial charge in [0.1, 0.15) is 18.7 Å². The maximum atomic E-state index is 11.5. The van der Waals surface area contributed by atoms with E-state index in [1.807, 2.05) is 28.8 Å². The van der Waals surface area contributed by atoms with E-state index in [-0.39, 0.29) is 0 Å². The molecule has 5 nitrogen and oxygen atoms in total. The second kappa shape index (κ2) is 7.56. The fourth-order valence-corrected chi connectivity index (χ4v) is 3.11. The average Bonchev–Trinajstić information content (AvgIpc) is 3.16. The van der Waals surface area contributed by atoms with Crippen LogP contribution in [0.5, 0.6) is 5.75 Å². The van der Waals surface area contributed by atoms with Crippen molar-refractivity contribution < 1.29 is 9.53 Å². The third-order valence-electron chi connectivity index (χ3n) is 4.78. The van der Waals surface area contributed by atoms with E-state index in [0.29, 0.717) is 12.2 Å². The lowest BCUT2D eigenvalue weighted by Gasteiger charge is -2.09. The second-order valence-electron chi connectivity index (χ2n) is 6.63. The van der Waals surface area contributed by atoms with Gasteiger partial charge in [-0.1, -0.05) is 31.2 Å². The Labute approximate surface area is 163 Å². The predicted octanol–water partition coefficient (Wildman–Crippen LogP) is 4.27. The summed E-state index contributed by atoms with van der Waals surface area (Å²) in [4.78, 5) is 15.8. The molecule has 140 valence electrons. The predicted molar refractivity (Wildman–Crippen MR) is 110 cm³/mol. The molecule has 1 aromatic heterocycles. The van der Waals surface area contributed by atoms with Gasteiger partial charge < -0.3 is 10.5 Å². The maximum Gasteiger partial charge on any atom is 0.248 e. The van der Waals surface area contributed by atoms with Crippen molar-refractivity contribution in [3.63, 3.8) is 0 Å². The van der Waals surface area contributed by atoms with Gasteiger partial charge in [-0.2, -0.15) is 0 Å². The molecule has 4 aromatic rings. The summed E-state index contributed by atoms with van der Waals surface area (Å²) in [6, 6.07) is 21.5. The molecule has 0 bridgehead atoms. The van der Waals surface area contributed by atoms with Crippen molar-refractivity contribution in [2.75, 3.05) is 0 Å². The van der Waals surface area contributed by atoms with E-state index < -0.39 is 5.91 Å². The molecule has 5 heteroatoms. The highest BCUT2D eigenvalue weighted by atomic mass is 16.5. The molecule has 0 fully saturated rings. The quantitative estimate of drug-likeness (QED) is 0.550. The van der Waals surface area contributed by atoms with Crippen LogP contribution in [0.3, 0.4) is 0 Å². The Kier molecular flexibility index (Phi) is 4.81. The van der Waals surface area contributed by atoms with Crippen LogP contribution in [0, 0.1) is 0 Å². The average molecular weight is 371 g/mol. The van der Waals surface area contributed by atoms with Crippen LogP contribution in [0.2, 0.25) is 0 Å². The Morgan fingerprint density at radius 1 is 1.00 bits per heavy atom. The zero-order valence-electron chi connectivity index (χ0n) is 15.6. The number of aryl methyl sites for hydroxylation is 1. The Hall–Kier alpha value is -3.60. The lowest BCUT2D eigenvalue weighted by molar-refractivity contribution is 0.100. The highest BCUT2D eigenvalue weighted by molar-refractivity contribution is 5.96. The summed E-state index contributed by atoms with van der Waals surface area (Å²) in [5.41, 5.74) is 10.9. The summed E-state index contributed by atoms with van der Waals surface area (Å²) >= 11 is 0. The topological polar surface area (TPSA) is 70.1 Å². The Bertz CT molecular complexity index is 1110. The molecule has 1 heterocycles. The van der Waals surface area contributed by atoms with E-state index in [4.69, 9.17) is 10.5 Å². The number of fused-ring (bicyclic) bond motifs is 1. The van der Waals surface area contributed by atoms with Crippen molar-refractivity contribution >= 4 is 16.9 Å². The molecule has 28 heavy (non-hydrogen) atoms. The molecule has 2 N–H and O–H groups in total. The lowest BCUT2D eigenvalue weighted by Crippen LogP contribution is -2.10. The van der Waals surface area contributed by atoms with Gasteiger partial charge in [-0.15, -0.1) is 0 Å². The first-order chi connectivity index (χ1) is 13.6. The molecule has 0 unspecified atom stereocenters. The SMILES string of the molecule is CCc1ccc(COc2ccc(-n3cnc4ccc(C(N)=O)cc43)cc2)cc1. The summed E-state index contributed by atoms with van der Waals surface area (Å²) in [5.74, 6) is 0.343.